The van der Waals surface area contributed by atoms with Gasteiger partial charge in [-0.05, 0) is 61.4 Å². The van der Waals surface area contributed by atoms with Gasteiger partial charge in [-0.2, -0.15) is 0 Å². The lowest BCUT2D eigenvalue weighted by Crippen LogP contribution is -2.46. The van der Waals surface area contributed by atoms with Crippen molar-refractivity contribution in [2.45, 2.75) is 32.5 Å². The molecule has 7 nitrogen and oxygen atoms in total. The number of nitrogens with one attached hydrogen (secondary N) is 1. The molecule has 0 saturated carbocycles. The predicted molar refractivity (Wildman–Crippen MR) is 134 cm³/mol. The smallest absolute Gasteiger partial charge is 0.411 e. The van der Waals surface area contributed by atoms with Gasteiger partial charge in [-0.3, -0.25) is 14.5 Å². The van der Waals surface area contributed by atoms with Crippen molar-refractivity contribution in [3.05, 3.63) is 101 Å². The Balaban J connectivity index is 1.61. The minimum Gasteiger partial charge on any atom is -0.438 e. The first kappa shape index (κ1) is 24.9. The lowest BCUT2D eigenvalue weighted by molar-refractivity contribution is -0.135. The summed E-state index contributed by atoms with van der Waals surface area (Å²) in [6.45, 7) is 4.33. The number of anilines is 1. The average molecular weight is 490 g/mol. The molecule has 4 rings (SSSR count). The van der Waals surface area contributed by atoms with Crippen molar-refractivity contribution in [1.29, 1.82) is 0 Å². The zero-order chi connectivity index (χ0) is 25.8. The third-order valence-electron chi connectivity index (χ3n) is 6.24. The summed E-state index contributed by atoms with van der Waals surface area (Å²) in [5, 5.41) is 2.86. The molecule has 3 aromatic carbocycles. The van der Waals surface area contributed by atoms with Crippen LogP contribution in [-0.4, -0.2) is 47.3 Å². The Morgan fingerprint density at radius 2 is 1.75 bits per heavy atom. The van der Waals surface area contributed by atoms with E-state index in [1.54, 1.807) is 55.6 Å². The van der Waals surface area contributed by atoms with E-state index in [0.29, 0.717) is 28.9 Å². The summed E-state index contributed by atoms with van der Waals surface area (Å²) in [4.78, 5) is 41.9. The molecule has 3 amide bonds. The Bertz CT molecular complexity index is 1260. The molecule has 0 aliphatic carbocycles. The molecular weight excluding hydrogens is 461 g/mol. The molecule has 1 aliphatic heterocycles. The third-order valence-corrected chi connectivity index (χ3v) is 6.24. The number of carbonyl (C=O) groups is 3. The van der Waals surface area contributed by atoms with Gasteiger partial charge in [0, 0.05) is 24.8 Å². The summed E-state index contributed by atoms with van der Waals surface area (Å²) < 4.78 is 19.1. The van der Waals surface area contributed by atoms with Crippen LogP contribution in [0.5, 0.6) is 0 Å². The highest BCUT2D eigenvalue weighted by molar-refractivity contribution is 6.04. The molecule has 2 atom stereocenters. The van der Waals surface area contributed by atoms with Crippen molar-refractivity contribution in [2.24, 2.45) is 0 Å². The fourth-order valence-corrected chi connectivity index (χ4v) is 4.06. The molecule has 186 valence electrons. The van der Waals surface area contributed by atoms with Crippen LogP contribution in [-0.2, 0) is 16.1 Å². The maximum absolute atomic E-state index is 13.4. The van der Waals surface area contributed by atoms with Gasteiger partial charge in [0.15, 0.2) is 12.1 Å². The number of aryl methyl sites for hydroxylation is 1. The van der Waals surface area contributed by atoms with Crippen molar-refractivity contribution >= 4 is 23.6 Å². The van der Waals surface area contributed by atoms with Crippen molar-refractivity contribution in [3.63, 3.8) is 0 Å². The number of nitrogens with zero attached hydrogens (tertiary/aromatic N) is 2. The lowest BCUT2D eigenvalue weighted by atomic mass is 9.99. The summed E-state index contributed by atoms with van der Waals surface area (Å²) in [6, 6.07) is 19.0. The molecule has 2 unspecified atom stereocenters. The van der Waals surface area contributed by atoms with Crippen LogP contribution in [0.1, 0.15) is 40.1 Å². The Kier molecular flexibility index (Phi) is 7.33. The second-order valence-electron chi connectivity index (χ2n) is 8.80. The Hall–Kier alpha value is -4.20. The maximum atomic E-state index is 13.4. The van der Waals surface area contributed by atoms with E-state index in [0.717, 1.165) is 5.56 Å². The number of ether oxygens (including phenoxy) is 1. The minimum atomic E-state index is -0.921. The fourth-order valence-electron chi connectivity index (χ4n) is 4.06. The zero-order valence-electron chi connectivity index (χ0n) is 20.4. The average Bonchev–Trinajstić information content (AvgIpc) is 3.20. The number of hydrogen-bond donors (Lipinski definition) is 1. The van der Waals surface area contributed by atoms with Gasteiger partial charge in [0.25, 0.3) is 5.91 Å². The standard InChI is InChI=1S/C28H28FN3O4/c1-4-31(3)27(34)24-25(36-28(35)32(24)17-19-10-14-22(29)15-11-19)21-6-5-7-23(16-21)30-26(33)20-12-8-18(2)9-13-20/h5-16,24-25H,4,17H2,1-3H3,(H,30,33). The number of hydrogen-bond acceptors (Lipinski definition) is 4. The van der Waals surface area contributed by atoms with Crippen LogP contribution in [0.2, 0.25) is 0 Å². The molecule has 1 saturated heterocycles. The topological polar surface area (TPSA) is 79.0 Å². The number of halogens is 1. The molecule has 3 aromatic rings. The first-order chi connectivity index (χ1) is 17.3. The molecule has 1 fully saturated rings. The fraction of sp³-hybridized carbons (Fsp3) is 0.250. The highest BCUT2D eigenvalue weighted by Gasteiger charge is 2.47. The van der Waals surface area contributed by atoms with Gasteiger partial charge in [0.1, 0.15) is 5.82 Å². The highest BCUT2D eigenvalue weighted by Crippen LogP contribution is 2.35. The van der Waals surface area contributed by atoms with Crippen molar-refractivity contribution in [1.82, 2.24) is 9.80 Å². The summed E-state index contributed by atoms with van der Waals surface area (Å²) >= 11 is 0. The largest absolute Gasteiger partial charge is 0.438 e. The summed E-state index contributed by atoms with van der Waals surface area (Å²) in [5.74, 6) is -0.931. The van der Waals surface area contributed by atoms with Gasteiger partial charge in [-0.25, -0.2) is 9.18 Å². The SMILES string of the molecule is CCN(C)C(=O)C1C(c2cccc(NC(=O)c3ccc(C)cc3)c2)OC(=O)N1Cc1ccc(F)cc1. The van der Waals surface area contributed by atoms with Gasteiger partial charge in [0.05, 0.1) is 6.54 Å². The van der Waals surface area contributed by atoms with Crippen LogP contribution in [0.4, 0.5) is 14.9 Å². The molecule has 0 aromatic heterocycles. The van der Waals surface area contributed by atoms with Crippen molar-refractivity contribution in [3.8, 4) is 0 Å². The molecule has 1 aliphatic rings. The molecule has 1 heterocycles. The second-order valence-corrected chi connectivity index (χ2v) is 8.80. The molecule has 8 heteroatoms. The van der Waals surface area contributed by atoms with Crippen LogP contribution < -0.4 is 5.32 Å². The number of carbonyl (C=O) groups excluding carboxylic acids is 3. The predicted octanol–water partition coefficient (Wildman–Crippen LogP) is 4.93. The normalized spacial score (nSPS) is 17.0. The number of likely N-dealkylation sites (N-methyl/N-ethyl adjacent to an activating group) is 1. The van der Waals surface area contributed by atoms with Crippen LogP contribution in [0.3, 0.4) is 0 Å². The van der Waals surface area contributed by atoms with Crippen molar-refractivity contribution < 1.29 is 23.5 Å². The molecular formula is C28H28FN3O4. The van der Waals surface area contributed by atoms with Gasteiger partial charge in [0.2, 0.25) is 5.91 Å². The van der Waals surface area contributed by atoms with E-state index in [-0.39, 0.29) is 24.2 Å². The summed E-state index contributed by atoms with van der Waals surface area (Å²) in [7, 11) is 1.66. The van der Waals surface area contributed by atoms with Gasteiger partial charge >= 0.3 is 6.09 Å². The van der Waals surface area contributed by atoms with Crippen LogP contribution in [0, 0.1) is 12.7 Å². The van der Waals surface area contributed by atoms with Gasteiger partial charge < -0.3 is 15.0 Å². The number of rotatable bonds is 7. The Morgan fingerprint density at radius 1 is 1.06 bits per heavy atom. The quantitative estimate of drug-likeness (QED) is 0.511. The van der Waals surface area contributed by atoms with E-state index in [1.165, 1.54) is 21.9 Å². The number of cyclic esters (lactones) is 1. The lowest BCUT2D eigenvalue weighted by Gasteiger charge is -2.28. The van der Waals surface area contributed by atoms with Crippen LogP contribution >= 0.6 is 0 Å². The number of benzene rings is 3. The van der Waals surface area contributed by atoms with Crippen molar-refractivity contribution in [2.75, 3.05) is 18.9 Å². The Labute approximate surface area is 209 Å². The second kappa shape index (κ2) is 10.6. The summed E-state index contributed by atoms with van der Waals surface area (Å²) in [5.41, 5.74) is 3.33. The number of amides is 3. The highest BCUT2D eigenvalue weighted by atomic mass is 19.1. The first-order valence-electron chi connectivity index (χ1n) is 11.7. The van der Waals surface area contributed by atoms with Gasteiger partial charge in [-0.15, -0.1) is 0 Å². The van der Waals surface area contributed by atoms with E-state index in [1.807, 2.05) is 26.0 Å². The summed E-state index contributed by atoms with van der Waals surface area (Å²) in [6.07, 6.45) is -1.52. The van der Waals surface area contributed by atoms with E-state index in [2.05, 4.69) is 5.32 Å². The monoisotopic (exact) mass is 489 g/mol. The third kappa shape index (κ3) is 5.38. The Morgan fingerprint density at radius 3 is 2.42 bits per heavy atom. The van der Waals surface area contributed by atoms with Crippen LogP contribution in [0.25, 0.3) is 0 Å². The van der Waals surface area contributed by atoms with E-state index >= 15 is 0 Å². The molecule has 0 radical (unpaired) electrons. The van der Waals surface area contributed by atoms with Gasteiger partial charge in [-0.1, -0.05) is 42.0 Å². The van der Waals surface area contributed by atoms with E-state index in [4.69, 9.17) is 4.74 Å². The molecule has 0 spiro atoms. The minimum absolute atomic E-state index is 0.0907. The zero-order valence-corrected chi connectivity index (χ0v) is 20.4. The van der Waals surface area contributed by atoms with Crippen LogP contribution in [0.15, 0.2) is 72.8 Å². The molecule has 36 heavy (non-hydrogen) atoms. The maximum Gasteiger partial charge on any atom is 0.411 e. The molecule has 1 N–H and O–H groups in total. The first-order valence-corrected chi connectivity index (χ1v) is 11.7. The van der Waals surface area contributed by atoms with E-state index in [9.17, 15) is 18.8 Å². The van der Waals surface area contributed by atoms with E-state index < -0.39 is 18.2 Å². The molecule has 0 bridgehead atoms.